The number of benzene rings is 1. The molecule has 1 amide bonds. The number of rotatable bonds is 1. The third-order valence-electron chi connectivity index (χ3n) is 2.59. The minimum absolute atomic E-state index is 0.0570. The highest BCUT2D eigenvalue weighted by atomic mass is 19.4. The molecule has 0 fully saturated rings. The first-order valence-electron chi connectivity index (χ1n) is 5.19. The van der Waals surface area contributed by atoms with Crippen molar-refractivity contribution in [1.82, 2.24) is 5.32 Å². The number of carbonyl (C=O) groups is 1. The lowest BCUT2D eigenvalue weighted by molar-refractivity contribution is -0.174. The number of amides is 1. The summed E-state index contributed by atoms with van der Waals surface area (Å²) in [4.78, 5) is 10.8. The Kier molecular flexibility index (Phi) is 3.06. The largest absolute Gasteiger partial charge is 0.508 e. The fraction of sp³-hybridized carbons (Fsp3) is 0.364. The number of hydrogen-bond donors (Lipinski definition) is 2. The summed E-state index contributed by atoms with van der Waals surface area (Å²) in [5.74, 6) is -1.64. The van der Waals surface area contributed by atoms with Crippen molar-refractivity contribution < 1.29 is 27.8 Å². The van der Waals surface area contributed by atoms with Gasteiger partial charge < -0.3 is 15.2 Å². The fourth-order valence-corrected chi connectivity index (χ4v) is 1.75. The molecule has 0 aromatic heterocycles. The summed E-state index contributed by atoms with van der Waals surface area (Å²) < 4.78 is 41.4. The van der Waals surface area contributed by atoms with E-state index in [2.05, 4.69) is 0 Å². The number of nitrogens with one attached hydrogen (secondary N) is 1. The van der Waals surface area contributed by atoms with E-state index in [4.69, 9.17) is 4.74 Å². The van der Waals surface area contributed by atoms with Crippen molar-refractivity contribution in [1.29, 1.82) is 0 Å². The minimum Gasteiger partial charge on any atom is -0.508 e. The Hall–Kier alpha value is -1.92. The number of halogens is 3. The second-order valence-electron chi connectivity index (χ2n) is 3.94. The summed E-state index contributed by atoms with van der Waals surface area (Å²) in [6, 6.07) is 3.79. The molecule has 18 heavy (non-hydrogen) atoms. The first-order valence-corrected chi connectivity index (χ1v) is 5.19. The predicted octanol–water partition coefficient (Wildman–Crippen LogP) is 1.37. The molecule has 0 radical (unpaired) electrons. The Labute approximate surface area is 100 Å². The smallest absolute Gasteiger partial charge is 0.471 e. The molecule has 7 heteroatoms. The lowest BCUT2D eigenvalue weighted by Gasteiger charge is -2.26. The van der Waals surface area contributed by atoms with E-state index < -0.39 is 18.1 Å². The highest BCUT2D eigenvalue weighted by molar-refractivity contribution is 5.82. The van der Waals surface area contributed by atoms with Crippen LogP contribution in [0.15, 0.2) is 18.2 Å². The Balaban J connectivity index is 2.09. The van der Waals surface area contributed by atoms with E-state index >= 15 is 0 Å². The first kappa shape index (κ1) is 12.5. The van der Waals surface area contributed by atoms with Gasteiger partial charge in [-0.25, -0.2) is 0 Å². The SMILES string of the molecule is O=C(N[C@H]1COc2cccc(O)c2C1)C(F)(F)F. The number of ether oxygens (including phenoxy) is 1. The number of hydrogen-bond acceptors (Lipinski definition) is 3. The molecule has 0 unspecified atom stereocenters. The molecular weight excluding hydrogens is 251 g/mol. The van der Waals surface area contributed by atoms with Crippen LogP contribution >= 0.6 is 0 Å². The van der Waals surface area contributed by atoms with E-state index in [1.54, 1.807) is 12.1 Å². The van der Waals surface area contributed by atoms with Gasteiger partial charge in [0.2, 0.25) is 0 Å². The van der Waals surface area contributed by atoms with Crippen LogP contribution in [0.25, 0.3) is 0 Å². The Morgan fingerprint density at radius 3 is 2.83 bits per heavy atom. The third-order valence-corrected chi connectivity index (χ3v) is 2.59. The Bertz CT molecular complexity index is 473. The molecule has 1 aromatic rings. The molecule has 98 valence electrons. The highest BCUT2D eigenvalue weighted by Gasteiger charge is 2.40. The second-order valence-corrected chi connectivity index (χ2v) is 3.94. The molecular formula is C11H10F3NO3. The monoisotopic (exact) mass is 261 g/mol. The summed E-state index contributed by atoms with van der Waals surface area (Å²) in [5.41, 5.74) is 0.399. The topological polar surface area (TPSA) is 58.6 Å². The van der Waals surface area contributed by atoms with Gasteiger partial charge in [0.15, 0.2) is 0 Å². The van der Waals surface area contributed by atoms with Crippen LogP contribution < -0.4 is 10.1 Å². The zero-order valence-electron chi connectivity index (χ0n) is 9.12. The minimum atomic E-state index is -4.92. The summed E-state index contributed by atoms with van der Waals surface area (Å²) in [6.07, 6.45) is -4.82. The van der Waals surface area contributed by atoms with Gasteiger partial charge in [-0.1, -0.05) is 6.07 Å². The average Bonchev–Trinajstić information content (AvgIpc) is 2.29. The molecule has 0 bridgehead atoms. The van der Waals surface area contributed by atoms with Crippen LogP contribution in [0.4, 0.5) is 13.2 Å². The lowest BCUT2D eigenvalue weighted by Crippen LogP contribution is -2.47. The molecule has 1 aromatic carbocycles. The van der Waals surface area contributed by atoms with Gasteiger partial charge in [0, 0.05) is 12.0 Å². The van der Waals surface area contributed by atoms with E-state index in [9.17, 15) is 23.1 Å². The van der Waals surface area contributed by atoms with E-state index in [0.717, 1.165) is 0 Å². The predicted molar refractivity (Wildman–Crippen MR) is 55.3 cm³/mol. The number of alkyl halides is 3. The summed E-state index contributed by atoms with van der Waals surface area (Å²) in [6.45, 7) is -0.0573. The zero-order valence-corrected chi connectivity index (χ0v) is 9.12. The maximum atomic E-state index is 12.1. The number of phenolic OH excluding ortho intramolecular Hbond substituents is 1. The van der Waals surface area contributed by atoms with Gasteiger partial charge in [0.05, 0.1) is 6.04 Å². The summed E-state index contributed by atoms with van der Waals surface area (Å²) in [5, 5.41) is 11.4. The molecule has 1 aliphatic heterocycles. The van der Waals surface area contributed by atoms with Crippen molar-refractivity contribution in [2.24, 2.45) is 0 Å². The number of phenols is 1. The van der Waals surface area contributed by atoms with Crippen LogP contribution in [0.3, 0.4) is 0 Å². The Morgan fingerprint density at radius 2 is 2.17 bits per heavy atom. The zero-order chi connectivity index (χ0) is 13.3. The van der Waals surface area contributed by atoms with Crippen molar-refractivity contribution >= 4 is 5.91 Å². The van der Waals surface area contributed by atoms with Crippen molar-refractivity contribution in [3.8, 4) is 11.5 Å². The fourth-order valence-electron chi connectivity index (χ4n) is 1.75. The standard InChI is InChI=1S/C11H10F3NO3/c12-11(13,14)10(17)15-6-4-7-8(16)2-1-3-9(7)18-5-6/h1-3,6,16H,4-5H2,(H,15,17)/t6-/m1/s1. The molecule has 1 atom stereocenters. The molecule has 0 aliphatic carbocycles. The molecule has 4 nitrogen and oxygen atoms in total. The van der Waals surface area contributed by atoms with Gasteiger partial charge >= 0.3 is 12.1 Å². The van der Waals surface area contributed by atoms with E-state index in [1.165, 1.54) is 6.07 Å². The van der Waals surface area contributed by atoms with Crippen LogP contribution in [0.5, 0.6) is 11.5 Å². The van der Waals surface area contributed by atoms with Crippen LogP contribution in [0, 0.1) is 0 Å². The summed E-state index contributed by atoms with van der Waals surface area (Å²) >= 11 is 0. The van der Waals surface area contributed by atoms with Crippen molar-refractivity contribution in [2.45, 2.75) is 18.6 Å². The van der Waals surface area contributed by atoms with Gasteiger partial charge in [-0.05, 0) is 12.1 Å². The van der Waals surface area contributed by atoms with Crippen LogP contribution in [-0.4, -0.2) is 29.8 Å². The molecule has 1 aliphatic rings. The van der Waals surface area contributed by atoms with Crippen LogP contribution in [0.1, 0.15) is 5.56 Å². The average molecular weight is 261 g/mol. The van der Waals surface area contributed by atoms with Gasteiger partial charge in [-0.15, -0.1) is 0 Å². The lowest BCUT2D eigenvalue weighted by atomic mass is 10.0. The quantitative estimate of drug-likeness (QED) is 0.802. The molecule has 2 rings (SSSR count). The maximum Gasteiger partial charge on any atom is 0.471 e. The van der Waals surface area contributed by atoms with Crippen molar-refractivity contribution in [3.63, 3.8) is 0 Å². The van der Waals surface area contributed by atoms with Gasteiger partial charge in [0.25, 0.3) is 0 Å². The van der Waals surface area contributed by atoms with Gasteiger partial charge in [0.1, 0.15) is 18.1 Å². The van der Waals surface area contributed by atoms with Gasteiger partial charge in [-0.3, -0.25) is 4.79 Å². The van der Waals surface area contributed by atoms with Crippen LogP contribution in [-0.2, 0) is 11.2 Å². The Morgan fingerprint density at radius 1 is 1.44 bits per heavy atom. The molecule has 1 heterocycles. The maximum absolute atomic E-state index is 12.1. The number of aromatic hydroxyl groups is 1. The van der Waals surface area contributed by atoms with E-state index in [-0.39, 0.29) is 18.8 Å². The van der Waals surface area contributed by atoms with E-state index in [0.29, 0.717) is 11.3 Å². The van der Waals surface area contributed by atoms with E-state index in [1.807, 2.05) is 5.32 Å². The van der Waals surface area contributed by atoms with Gasteiger partial charge in [-0.2, -0.15) is 13.2 Å². The van der Waals surface area contributed by atoms with Crippen molar-refractivity contribution in [2.75, 3.05) is 6.61 Å². The first-order chi connectivity index (χ1) is 8.38. The molecule has 0 saturated carbocycles. The second kappa shape index (κ2) is 4.40. The summed E-state index contributed by atoms with van der Waals surface area (Å²) in [7, 11) is 0. The molecule has 0 saturated heterocycles. The molecule has 0 spiro atoms. The third kappa shape index (κ3) is 2.49. The molecule has 2 N–H and O–H groups in total. The normalized spacial score (nSPS) is 18.7. The number of fused-ring (bicyclic) bond motifs is 1. The van der Waals surface area contributed by atoms with Crippen LogP contribution in [0.2, 0.25) is 0 Å². The highest BCUT2D eigenvalue weighted by Crippen LogP contribution is 2.32. The van der Waals surface area contributed by atoms with Crippen molar-refractivity contribution in [3.05, 3.63) is 23.8 Å². The number of carbonyl (C=O) groups excluding carboxylic acids is 1.